The van der Waals surface area contributed by atoms with Crippen LogP contribution in [0.1, 0.15) is 20.7 Å². The molecule has 0 spiro atoms. The zero-order chi connectivity index (χ0) is 18.5. The summed E-state index contributed by atoms with van der Waals surface area (Å²) in [7, 11) is -5.08. The Kier molecular flexibility index (Phi) is 6.77. The Morgan fingerprint density at radius 2 is 1.29 bits per heavy atom. The number of carbonyl (C=O) groups excluding carboxylic acids is 2. The number of ether oxygens (including phenoxy) is 2. The van der Waals surface area contributed by atoms with E-state index in [0.717, 1.165) is 18.2 Å². The maximum absolute atomic E-state index is 11.8. The van der Waals surface area contributed by atoms with Crippen LogP contribution in [0, 0.1) is 0 Å². The molecule has 0 aliphatic heterocycles. The van der Waals surface area contributed by atoms with Crippen molar-refractivity contribution in [2.75, 3.05) is 13.2 Å². The van der Waals surface area contributed by atoms with E-state index in [2.05, 4.69) is 9.47 Å². The van der Waals surface area contributed by atoms with Gasteiger partial charge >= 0.3 is 11.9 Å². The Labute approximate surface area is 135 Å². The molecule has 0 aliphatic carbocycles. The molecule has 12 heteroatoms. The first-order valence-electron chi connectivity index (χ1n) is 6.21. The van der Waals surface area contributed by atoms with Gasteiger partial charge in [-0.1, -0.05) is 6.07 Å². The summed E-state index contributed by atoms with van der Waals surface area (Å²) >= 11 is 0. The molecule has 0 saturated heterocycles. The molecular weight excluding hydrogens is 352 g/mol. The third kappa shape index (κ3) is 5.52. The number of aliphatic hydroxyl groups is 4. The highest BCUT2D eigenvalue weighted by molar-refractivity contribution is 7.86. The van der Waals surface area contributed by atoms with Crippen molar-refractivity contribution in [2.24, 2.45) is 0 Å². The second-order valence-corrected chi connectivity index (χ2v) is 5.67. The zero-order valence-electron chi connectivity index (χ0n) is 11.9. The van der Waals surface area contributed by atoms with E-state index in [4.69, 9.17) is 20.4 Å². The van der Waals surface area contributed by atoms with E-state index < -0.39 is 63.9 Å². The number of hydrogen-bond donors (Lipinski definition) is 5. The van der Waals surface area contributed by atoms with Gasteiger partial charge in [-0.2, -0.15) is 8.42 Å². The Balaban J connectivity index is 3.29. The lowest BCUT2D eigenvalue weighted by atomic mass is 10.1. The van der Waals surface area contributed by atoms with Crippen molar-refractivity contribution >= 4 is 22.1 Å². The fraction of sp³-hybridized carbons (Fsp3) is 0.333. The minimum atomic E-state index is -5.08. The minimum Gasteiger partial charge on any atom is -0.457 e. The molecule has 0 fully saturated rings. The quantitative estimate of drug-likeness (QED) is 0.201. The summed E-state index contributed by atoms with van der Waals surface area (Å²) in [5.74, 6) is -2.71. The molecular formula is C12H14O11S. The first kappa shape index (κ1) is 20.0. The van der Waals surface area contributed by atoms with Crippen LogP contribution in [-0.2, 0) is 19.6 Å². The van der Waals surface area contributed by atoms with Gasteiger partial charge in [0, 0.05) is 0 Å². The highest BCUT2D eigenvalue weighted by Gasteiger charge is 2.29. The molecule has 11 nitrogen and oxygen atoms in total. The van der Waals surface area contributed by atoms with E-state index in [0.29, 0.717) is 0 Å². The van der Waals surface area contributed by atoms with Gasteiger partial charge in [-0.3, -0.25) is 4.55 Å². The standard InChI is InChI=1S/C12H14O11S/c13-8(14)4-22-11(17)6-2-1-3-7(10(6)24(19,20)21)12(18)23-5-9(15)16/h1-3,8-9,13-16H,4-5H2,(H,19,20,21). The molecule has 0 saturated carbocycles. The van der Waals surface area contributed by atoms with Crippen LogP contribution in [0.2, 0.25) is 0 Å². The topological polar surface area (TPSA) is 188 Å². The molecule has 24 heavy (non-hydrogen) atoms. The van der Waals surface area contributed by atoms with Gasteiger partial charge in [-0.05, 0) is 12.1 Å². The van der Waals surface area contributed by atoms with Crippen molar-refractivity contribution in [3.63, 3.8) is 0 Å². The lowest BCUT2D eigenvalue weighted by Gasteiger charge is -2.12. The number of rotatable bonds is 7. The van der Waals surface area contributed by atoms with Gasteiger partial charge in [-0.25, -0.2) is 9.59 Å². The van der Waals surface area contributed by atoms with Gasteiger partial charge < -0.3 is 29.9 Å². The SMILES string of the molecule is O=C(OCC(O)O)c1cccc(C(=O)OCC(O)O)c1S(=O)(=O)O. The second-order valence-electron chi connectivity index (χ2n) is 4.32. The third-order valence-electron chi connectivity index (χ3n) is 2.44. The number of esters is 2. The molecule has 0 heterocycles. The van der Waals surface area contributed by atoms with Gasteiger partial charge in [-0.15, -0.1) is 0 Å². The lowest BCUT2D eigenvalue weighted by molar-refractivity contribution is -0.0815. The average molecular weight is 366 g/mol. The van der Waals surface area contributed by atoms with Crippen molar-refractivity contribution in [3.05, 3.63) is 29.3 Å². The Hall–Kier alpha value is -2.09. The maximum Gasteiger partial charge on any atom is 0.339 e. The first-order chi connectivity index (χ1) is 11.0. The molecule has 1 rings (SSSR count). The maximum atomic E-state index is 11.8. The molecule has 0 aliphatic rings. The van der Waals surface area contributed by atoms with Crippen molar-refractivity contribution in [3.8, 4) is 0 Å². The van der Waals surface area contributed by atoms with Crippen molar-refractivity contribution < 1.29 is 52.5 Å². The summed E-state index contributed by atoms with van der Waals surface area (Å²) in [6, 6.07) is 2.90. The fourth-order valence-corrected chi connectivity index (χ4v) is 2.45. The van der Waals surface area contributed by atoms with Gasteiger partial charge in [0.25, 0.3) is 10.1 Å². The minimum absolute atomic E-state index is 0.753. The monoisotopic (exact) mass is 366 g/mol. The van der Waals surface area contributed by atoms with E-state index in [1.807, 2.05) is 0 Å². The summed E-state index contributed by atoms with van der Waals surface area (Å²) in [6.45, 7) is -1.76. The molecule has 0 atom stereocenters. The van der Waals surface area contributed by atoms with Crippen LogP contribution in [0.3, 0.4) is 0 Å². The molecule has 1 aromatic carbocycles. The molecule has 0 bridgehead atoms. The summed E-state index contributed by atoms with van der Waals surface area (Å²) < 4.78 is 41.1. The highest BCUT2D eigenvalue weighted by Crippen LogP contribution is 2.23. The highest BCUT2D eigenvalue weighted by atomic mass is 32.2. The number of carbonyl (C=O) groups is 2. The van der Waals surface area contributed by atoms with Gasteiger partial charge in [0.1, 0.15) is 18.1 Å². The second kappa shape index (κ2) is 8.14. The molecule has 0 amide bonds. The van der Waals surface area contributed by atoms with Crippen LogP contribution in [0.15, 0.2) is 23.1 Å². The summed E-state index contributed by atoms with van der Waals surface area (Å²) in [5.41, 5.74) is -1.51. The predicted octanol–water partition coefficient (Wildman–Crippen LogP) is -2.13. The summed E-state index contributed by atoms with van der Waals surface area (Å²) in [4.78, 5) is 22.5. The third-order valence-corrected chi connectivity index (χ3v) is 3.40. The molecule has 5 N–H and O–H groups in total. The van der Waals surface area contributed by atoms with Gasteiger partial charge in [0.05, 0.1) is 11.1 Å². The molecule has 0 aromatic heterocycles. The molecule has 1 aromatic rings. The molecule has 0 unspecified atom stereocenters. The van der Waals surface area contributed by atoms with Crippen LogP contribution in [-0.4, -0.2) is 71.1 Å². The van der Waals surface area contributed by atoms with E-state index in [-0.39, 0.29) is 0 Å². The van der Waals surface area contributed by atoms with Gasteiger partial charge in [0.15, 0.2) is 12.6 Å². The largest absolute Gasteiger partial charge is 0.457 e. The molecule has 0 radical (unpaired) electrons. The fourth-order valence-electron chi connectivity index (χ4n) is 1.59. The average Bonchev–Trinajstić information content (AvgIpc) is 2.48. The predicted molar refractivity (Wildman–Crippen MR) is 73.3 cm³/mol. The first-order valence-corrected chi connectivity index (χ1v) is 7.65. The van der Waals surface area contributed by atoms with Crippen LogP contribution in [0.4, 0.5) is 0 Å². The number of aliphatic hydroxyl groups excluding tert-OH is 2. The van der Waals surface area contributed by atoms with Crippen molar-refractivity contribution in [2.45, 2.75) is 17.5 Å². The van der Waals surface area contributed by atoms with E-state index in [1.54, 1.807) is 0 Å². The van der Waals surface area contributed by atoms with Crippen LogP contribution in [0.25, 0.3) is 0 Å². The lowest BCUT2D eigenvalue weighted by Crippen LogP contribution is -2.22. The van der Waals surface area contributed by atoms with E-state index in [1.165, 1.54) is 0 Å². The summed E-state index contributed by atoms with van der Waals surface area (Å²) in [6.07, 6.45) is -4.02. The Morgan fingerprint density at radius 1 is 0.917 bits per heavy atom. The molecule has 134 valence electrons. The van der Waals surface area contributed by atoms with E-state index in [9.17, 15) is 22.6 Å². The van der Waals surface area contributed by atoms with E-state index >= 15 is 0 Å². The zero-order valence-corrected chi connectivity index (χ0v) is 12.7. The van der Waals surface area contributed by atoms with Crippen LogP contribution in [0.5, 0.6) is 0 Å². The smallest absolute Gasteiger partial charge is 0.339 e. The van der Waals surface area contributed by atoms with Crippen LogP contribution < -0.4 is 0 Å². The van der Waals surface area contributed by atoms with Crippen LogP contribution >= 0.6 is 0 Å². The number of benzene rings is 1. The summed E-state index contributed by atoms with van der Waals surface area (Å²) in [5, 5.41) is 34.5. The Morgan fingerprint density at radius 3 is 1.58 bits per heavy atom. The Bertz CT molecular complexity index is 665. The normalized spacial score (nSPS) is 11.6. The van der Waals surface area contributed by atoms with Crippen molar-refractivity contribution in [1.82, 2.24) is 0 Å². The van der Waals surface area contributed by atoms with Gasteiger partial charge in [0.2, 0.25) is 0 Å². The number of hydrogen-bond acceptors (Lipinski definition) is 10. The van der Waals surface area contributed by atoms with Crippen molar-refractivity contribution in [1.29, 1.82) is 0 Å².